The fourth-order valence-electron chi connectivity index (χ4n) is 4.99. The highest BCUT2D eigenvalue weighted by atomic mass is 16.6. The lowest BCUT2D eigenvalue weighted by Gasteiger charge is -2.41. The summed E-state index contributed by atoms with van der Waals surface area (Å²) in [5, 5.41) is 19.2. The lowest BCUT2D eigenvalue weighted by Crippen LogP contribution is -2.56. The molecule has 2 saturated heterocycles. The third-order valence-corrected chi connectivity index (χ3v) is 6.33. The van der Waals surface area contributed by atoms with Gasteiger partial charge in [-0.15, -0.1) is 10.2 Å². The number of nitrogens with two attached hydrogens (primary N) is 1. The van der Waals surface area contributed by atoms with Gasteiger partial charge in [-0.2, -0.15) is 11.0 Å². The molecule has 0 saturated carbocycles. The molecule has 8 nitrogen and oxygen atoms in total. The molecule has 2 aliphatic heterocycles. The highest BCUT2D eigenvalue weighted by Crippen LogP contribution is 2.43. The fraction of sp³-hybridized carbons (Fsp3) is 0.409. The summed E-state index contributed by atoms with van der Waals surface area (Å²) < 4.78 is 6.20. The van der Waals surface area contributed by atoms with E-state index in [4.69, 9.17) is 15.5 Å². The zero-order chi connectivity index (χ0) is 20.8. The number of hydrogen-bond acceptors (Lipinski definition) is 7. The van der Waals surface area contributed by atoms with E-state index in [1.54, 1.807) is 6.20 Å². The molecular weight excluding hydrogens is 380 g/mol. The predicted molar refractivity (Wildman–Crippen MR) is 113 cm³/mol. The van der Waals surface area contributed by atoms with Crippen molar-refractivity contribution < 1.29 is 9.57 Å². The van der Waals surface area contributed by atoms with Crippen molar-refractivity contribution in [3.05, 3.63) is 42.7 Å². The van der Waals surface area contributed by atoms with Crippen molar-refractivity contribution >= 4 is 0 Å². The number of ether oxygens (including phenoxy) is 1. The Labute approximate surface area is 175 Å². The zero-order valence-electron chi connectivity index (χ0n) is 17.2. The second-order valence-electron chi connectivity index (χ2n) is 8.97. The number of H-pyrrole nitrogens is 1. The summed E-state index contributed by atoms with van der Waals surface area (Å²) in [6.07, 6.45) is 8.03. The van der Waals surface area contributed by atoms with E-state index in [2.05, 4.69) is 39.6 Å². The second-order valence-corrected chi connectivity index (χ2v) is 8.97. The van der Waals surface area contributed by atoms with E-state index in [-0.39, 0.29) is 17.2 Å². The van der Waals surface area contributed by atoms with E-state index < -0.39 is 0 Å². The van der Waals surface area contributed by atoms with Gasteiger partial charge in [-0.05, 0) is 50.5 Å². The number of nitrogens with one attached hydrogen (secondary N) is 2. The van der Waals surface area contributed by atoms with Gasteiger partial charge in [0.25, 0.3) is 0 Å². The Morgan fingerprint density at radius 2 is 1.83 bits per heavy atom. The average Bonchev–Trinajstić information content (AvgIpc) is 3.34. The first-order valence-corrected chi connectivity index (χ1v) is 10.3. The Bertz CT molecular complexity index is 1020. The number of piperidine rings is 1. The molecule has 3 atom stereocenters. The van der Waals surface area contributed by atoms with Gasteiger partial charge in [-0.1, -0.05) is 6.07 Å². The molecule has 5 rings (SSSR count). The van der Waals surface area contributed by atoms with Gasteiger partial charge >= 0.3 is 0 Å². The molecule has 156 valence electrons. The van der Waals surface area contributed by atoms with Gasteiger partial charge in [0.2, 0.25) is 5.88 Å². The van der Waals surface area contributed by atoms with Crippen LogP contribution in [0.5, 0.6) is 11.6 Å². The third-order valence-electron chi connectivity index (χ3n) is 6.33. The number of nitrogens with zero attached hydrogens (tertiary/aromatic N) is 3. The van der Waals surface area contributed by atoms with E-state index >= 15 is 0 Å². The van der Waals surface area contributed by atoms with Crippen molar-refractivity contribution in [2.45, 2.75) is 56.7 Å². The van der Waals surface area contributed by atoms with Crippen LogP contribution in [0.3, 0.4) is 0 Å². The zero-order valence-corrected chi connectivity index (χ0v) is 17.2. The summed E-state index contributed by atoms with van der Waals surface area (Å²) in [5.74, 6) is 6.58. The van der Waals surface area contributed by atoms with Crippen LogP contribution in [-0.2, 0) is 0 Å². The highest BCUT2D eigenvalue weighted by molar-refractivity contribution is 5.74. The Hall–Kier alpha value is -2.97. The molecule has 2 aromatic heterocycles. The minimum atomic E-state index is 0.140. The SMILES string of the molecule is C[C@]12CC[C@](C)(C[C@@H](Oc3ccc(-c4ccc(-c5cn[nH]c5)cc4ON)nn3)C1)N2. The molecule has 2 bridgehead atoms. The largest absolute Gasteiger partial charge is 0.473 e. The van der Waals surface area contributed by atoms with Crippen molar-refractivity contribution in [1.82, 2.24) is 25.7 Å². The van der Waals surface area contributed by atoms with Crippen LogP contribution >= 0.6 is 0 Å². The van der Waals surface area contributed by atoms with Crippen LogP contribution in [0.4, 0.5) is 0 Å². The molecule has 3 aromatic rings. The molecule has 2 fully saturated rings. The minimum Gasteiger partial charge on any atom is -0.473 e. The van der Waals surface area contributed by atoms with Crippen molar-refractivity contribution in [3.63, 3.8) is 0 Å². The van der Waals surface area contributed by atoms with E-state index in [1.165, 1.54) is 12.8 Å². The number of fused-ring (bicyclic) bond motifs is 2. The molecule has 1 aromatic carbocycles. The highest BCUT2D eigenvalue weighted by Gasteiger charge is 2.49. The quantitative estimate of drug-likeness (QED) is 0.558. The maximum atomic E-state index is 6.20. The van der Waals surface area contributed by atoms with E-state index in [0.717, 1.165) is 29.5 Å². The topological polar surface area (TPSA) is 111 Å². The Kier molecular flexibility index (Phi) is 4.48. The molecular formula is C22H26N6O2. The predicted octanol–water partition coefficient (Wildman–Crippen LogP) is 3.23. The number of hydrogen-bond donors (Lipinski definition) is 3. The Morgan fingerprint density at radius 3 is 2.47 bits per heavy atom. The minimum absolute atomic E-state index is 0.140. The normalized spacial score (nSPS) is 27.8. The second kappa shape index (κ2) is 7.07. The molecule has 0 aliphatic carbocycles. The van der Waals surface area contributed by atoms with Gasteiger partial charge < -0.3 is 14.9 Å². The van der Waals surface area contributed by atoms with Crippen molar-refractivity contribution in [2.24, 2.45) is 5.90 Å². The number of aromatic nitrogens is 4. The molecule has 0 radical (unpaired) electrons. The van der Waals surface area contributed by atoms with E-state index in [9.17, 15) is 0 Å². The molecule has 8 heteroatoms. The number of aromatic amines is 1. The number of rotatable bonds is 5. The standard InChI is InChI=1S/C22H26N6O2/c1-21-7-8-22(2,28-21)11-16(10-21)29-20-6-5-18(26-27-20)17-4-3-14(9-19(17)30-23)15-12-24-25-13-15/h3-6,9,12-13,16,28H,7-8,10-11,23H2,1-2H3,(H,24,25)/t16-,21-,22+. The molecule has 30 heavy (non-hydrogen) atoms. The van der Waals surface area contributed by atoms with Crippen LogP contribution in [0.25, 0.3) is 22.4 Å². The molecule has 0 spiro atoms. The summed E-state index contributed by atoms with van der Waals surface area (Å²) in [7, 11) is 0. The maximum absolute atomic E-state index is 6.20. The summed E-state index contributed by atoms with van der Waals surface area (Å²) >= 11 is 0. The lowest BCUT2D eigenvalue weighted by atomic mass is 9.86. The monoisotopic (exact) mass is 406 g/mol. The summed E-state index contributed by atoms with van der Waals surface area (Å²) in [5.41, 5.74) is 3.63. The van der Waals surface area contributed by atoms with Gasteiger partial charge in [0, 0.05) is 47.3 Å². The Morgan fingerprint density at radius 1 is 1.03 bits per heavy atom. The lowest BCUT2D eigenvalue weighted by molar-refractivity contribution is 0.0754. The van der Waals surface area contributed by atoms with Gasteiger partial charge in [-0.3, -0.25) is 5.10 Å². The Balaban J connectivity index is 1.34. The van der Waals surface area contributed by atoms with E-state index in [0.29, 0.717) is 17.3 Å². The third kappa shape index (κ3) is 3.53. The van der Waals surface area contributed by atoms with Gasteiger partial charge in [0.15, 0.2) is 5.75 Å². The smallest absolute Gasteiger partial charge is 0.233 e. The van der Waals surface area contributed by atoms with Crippen LogP contribution in [0.15, 0.2) is 42.7 Å². The molecule has 4 heterocycles. The number of benzene rings is 1. The van der Waals surface area contributed by atoms with Crippen LogP contribution in [0, 0.1) is 0 Å². The fourth-order valence-corrected chi connectivity index (χ4v) is 4.99. The van der Waals surface area contributed by atoms with Gasteiger partial charge in [0.05, 0.1) is 11.9 Å². The first kappa shape index (κ1) is 19.0. The van der Waals surface area contributed by atoms with Gasteiger partial charge in [-0.25, -0.2) is 0 Å². The first-order valence-electron chi connectivity index (χ1n) is 10.3. The molecule has 0 amide bonds. The van der Waals surface area contributed by atoms with Crippen LogP contribution in [0.2, 0.25) is 0 Å². The summed E-state index contributed by atoms with van der Waals surface area (Å²) in [6.45, 7) is 4.56. The van der Waals surface area contributed by atoms with Gasteiger partial charge in [0.1, 0.15) is 6.10 Å². The molecule has 0 unspecified atom stereocenters. The van der Waals surface area contributed by atoms with Crippen molar-refractivity contribution in [1.29, 1.82) is 0 Å². The van der Waals surface area contributed by atoms with Crippen molar-refractivity contribution in [3.8, 4) is 34.0 Å². The van der Waals surface area contributed by atoms with E-state index in [1.807, 2.05) is 36.5 Å². The molecule has 2 aliphatic rings. The van der Waals surface area contributed by atoms with Crippen LogP contribution in [0.1, 0.15) is 39.5 Å². The van der Waals surface area contributed by atoms with Crippen LogP contribution in [-0.4, -0.2) is 37.6 Å². The average molecular weight is 406 g/mol. The molecule has 4 N–H and O–H groups in total. The first-order chi connectivity index (χ1) is 14.5. The van der Waals surface area contributed by atoms with Crippen LogP contribution < -0.4 is 20.8 Å². The summed E-state index contributed by atoms with van der Waals surface area (Å²) in [4.78, 5) is 5.11. The summed E-state index contributed by atoms with van der Waals surface area (Å²) in [6, 6.07) is 9.50. The maximum Gasteiger partial charge on any atom is 0.233 e. The van der Waals surface area contributed by atoms with Crippen molar-refractivity contribution in [2.75, 3.05) is 0 Å².